The van der Waals surface area contributed by atoms with E-state index < -0.39 is 47.5 Å². The molecule has 9 heteroatoms. The molecule has 0 spiro atoms. The molecule has 2 fully saturated rings. The van der Waals surface area contributed by atoms with Crippen LogP contribution in [0, 0.1) is 17.7 Å². The number of benzene rings is 2. The maximum Gasteiger partial charge on any atom is 0.321 e. The van der Waals surface area contributed by atoms with E-state index >= 15 is 0 Å². The number of amides is 2. The number of nitrogens with one attached hydrogen (secondary N) is 1. The average Bonchev–Trinajstić information content (AvgIpc) is 3.25. The number of anilines is 1. The maximum absolute atomic E-state index is 13.3. The molecule has 2 heterocycles. The van der Waals surface area contributed by atoms with Crippen molar-refractivity contribution in [3.05, 3.63) is 53.8 Å². The Morgan fingerprint density at radius 2 is 1.70 bits per heavy atom. The lowest BCUT2D eigenvalue weighted by molar-refractivity contribution is -0.142. The van der Waals surface area contributed by atoms with Crippen molar-refractivity contribution in [2.24, 2.45) is 11.8 Å². The number of imide groups is 1. The standard InChI is InChI=1S/C21H19FN2O6/c1-29-12-7-8-14(30-2)13(9-12)17-15-16(18(23-17)21(27)28)20(26)24(19(15)25)11-5-3-10(22)4-6-11/h3-9,15-18,23H,1-2H3,(H,27,28). The van der Waals surface area contributed by atoms with Crippen molar-refractivity contribution in [2.45, 2.75) is 12.1 Å². The molecule has 0 radical (unpaired) electrons. The van der Waals surface area contributed by atoms with Crippen molar-refractivity contribution in [2.75, 3.05) is 19.1 Å². The summed E-state index contributed by atoms with van der Waals surface area (Å²) >= 11 is 0. The number of carboxylic acids is 1. The smallest absolute Gasteiger partial charge is 0.321 e. The largest absolute Gasteiger partial charge is 0.497 e. The van der Waals surface area contributed by atoms with Crippen LogP contribution in [0.1, 0.15) is 11.6 Å². The van der Waals surface area contributed by atoms with Crippen molar-refractivity contribution in [3.8, 4) is 11.5 Å². The molecule has 2 aromatic rings. The number of hydrogen-bond donors (Lipinski definition) is 2. The Hall–Kier alpha value is -3.46. The Kier molecular flexibility index (Phi) is 4.90. The van der Waals surface area contributed by atoms with E-state index in [1.165, 1.54) is 26.4 Å². The minimum Gasteiger partial charge on any atom is -0.497 e. The third-order valence-corrected chi connectivity index (χ3v) is 5.60. The lowest BCUT2D eigenvalue weighted by Gasteiger charge is -2.23. The van der Waals surface area contributed by atoms with Gasteiger partial charge in [-0.1, -0.05) is 0 Å². The number of halogens is 1. The molecule has 30 heavy (non-hydrogen) atoms. The maximum atomic E-state index is 13.3. The van der Waals surface area contributed by atoms with Gasteiger partial charge < -0.3 is 14.6 Å². The van der Waals surface area contributed by atoms with Crippen molar-refractivity contribution in [3.63, 3.8) is 0 Å². The quantitative estimate of drug-likeness (QED) is 0.718. The second-order valence-corrected chi connectivity index (χ2v) is 7.11. The van der Waals surface area contributed by atoms with E-state index in [-0.39, 0.29) is 5.69 Å². The highest BCUT2D eigenvalue weighted by atomic mass is 19.1. The third-order valence-electron chi connectivity index (χ3n) is 5.60. The van der Waals surface area contributed by atoms with Gasteiger partial charge in [0.1, 0.15) is 23.4 Å². The van der Waals surface area contributed by atoms with Gasteiger partial charge in [-0.05, 0) is 42.5 Å². The van der Waals surface area contributed by atoms with Gasteiger partial charge in [0.15, 0.2) is 0 Å². The minimum atomic E-state index is -1.27. The molecule has 2 amide bonds. The first-order valence-corrected chi connectivity index (χ1v) is 9.21. The fraction of sp³-hybridized carbons (Fsp3) is 0.286. The number of fused-ring (bicyclic) bond motifs is 1. The predicted molar refractivity (Wildman–Crippen MR) is 103 cm³/mol. The number of hydrogen-bond acceptors (Lipinski definition) is 6. The van der Waals surface area contributed by atoms with Gasteiger partial charge in [-0.2, -0.15) is 0 Å². The van der Waals surface area contributed by atoms with E-state index in [9.17, 15) is 23.9 Å². The first kappa shape index (κ1) is 19.8. The second kappa shape index (κ2) is 7.42. The number of nitrogens with zero attached hydrogens (tertiary/aromatic N) is 1. The Morgan fingerprint density at radius 3 is 2.30 bits per heavy atom. The molecular formula is C21H19FN2O6. The monoisotopic (exact) mass is 414 g/mol. The number of carbonyl (C=O) groups is 3. The van der Waals surface area contributed by atoms with Crippen LogP contribution >= 0.6 is 0 Å². The summed E-state index contributed by atoms with van der Waals surface area (Å²) in [4.78, 5) is 39.2. The molecule has 4 unspecified atom stereocenters. The van der Waals surface area contributed by atoms with Crippen LogP contribution in [0.15, 0.2) is 42.5 Å². The van der Waals surface area contributed by atoms with Gasteiger partial charge in [-0.3, -0.25) is 19.7 Å². The zero-order valence-corrected chi connectivity index (χ0v) is 16.2. The summed E-state index contributed by atoms with van der Waals surface area (Å²) in [5.74, 6) is -4.10. The minimum absolute atomic E-state index is 0.196. The fourth-order valence-corrected chi connectivity index (χ4v) is 4.25. The zero-order valence-electron chi connectivity index (χ0n) is 16.2. The summed E-state index contributed by atoms with van der Waals surface area (Å²) in [5, 5.41) is 12.6. The number of methoxy groups -OCH3 is 2. The molecule has 0 bridgehead atoms. The summed E-state index contributed by atoms with van der Waals surface area (Å²) < 4.78 is 23.9. The van der Waals surface area contributed by atoms with Crippen LogP contribution in [0.4, 0.5) is 10.1 Å². The highest BCUT2D eigenvalue weighted by molar-refractivity contribution is 6.23. The van der Waals surface area contributed by atoms with Crippen LogP contribution in [0.25, 0.3) is 0 Å². The highest BCUT2D eigenvalue weighted by Gasteiger charge is 2.61. The third kappa shape index (κ3) is 2.98. The summed E-state index contributed by atoms with van der Waals surface area (Å²) in [5.41, 5.74) is 0.707. The highest BCUT2D eigenvalue weighted by Crippen LogP contribution is 2.47. The number of rotatable bonds is 5. The molecule has 2 aliphatic rings. The molecule has 4 rings (SSSR count). The molecule has 8 nitrogen and oxygen atoms in total. The van der Waals surface area contributed by atoms with Crippen LogP contribution in [-0.4, -0.2) is 43.2 Å². The van der Waals surface area contributed by atoms with Gasteiger partial charge in [-0.15, -0.1) is 0 Å². The molecule has 0 aliphatic carbocycles. The molecule has 4 atom stereocenters. The van der Waals surface area contributed by atoms with Gasteiger partial charge in [0.25, 0.3) is 0 Å². The van der Waals surface area contributed by atoms with Crippen LogP contribution < -0.4 is 19.7 Å². The van der Waals surface area contributed by atoms with E-state index in [4.69, 9.17) is 9.47 Å². The van der Waals surface area contributed by atoms with E-state index in [0.29, 0.717) is 17.1 Å². The van der Waals surface area contributed by atoms with E-state index in [2.05, 4.69) is 5.32 Å². The average molecular weight is 414 g/mol. The normalized spacial score (nSPS) is 25.4. The molecule has 2 aliphatic heterocycles. The van der Waals surface area contributed by atoms with Gasteiger partial charge in [0, 0.05) is 11.6 Å². The molecule has 2 aromatic carbocycles. The van der Waals surface area contributed by atoms with Gasteiger partial charge in [0.2, 0.25) is 11.8 Å². The first-order chi connectivity index (χ1) is 14.4. The van der Waals surface area contributed by atoms with Gasteiger partial charge in [0.05, 0.1) is 31.7 Å². The summed E-state index contributed by atoms with van der Waals surface area (Å²) in [6, 6.07) is 7.83. The molecule has 0 aromatic heterocycles. The van der Waals surface area contributed by atoms with Crippen LogP contribution in [-0.2, 0) is 14.4 Å². The molecule has 156 valence electrons. The summed E-state index contributed by atoms with van der Waals surface area (Å²) in [6.45, 7) is 0. The predicted octanol–water partition coefficient (Wildman–Crippen LogP) is 1.75. The fourth-order valence-electron chi connectivity index (χ4n) is 4.25. The number of aliphatic carboxylic acids is 1. The SMILES string of the molecule is COc1ccc(OC)c(C2NC(C(=O)O)C3C(=O)N(c4ccc(F)cc4)C(=O)C23)c1. The second-order valence-electron chi connectivity index (χ2n) is 7.11. The molecule has 2 N–H and O–H groups in total. The Bertz CT molecular complexity index is 1020. The lowest BCUT2D eigenvalue weighted by atomic mass is 9.86. The molecular weight excluding hydrogens is 395 g/mol. The number of ether oxygens (including phenoxy) is 2. The topological polar surface area (TPSA) is 105 Å². The number of carbonyl (C=O) groups excluding carboxylic acids is 2. The van der Waals surface area contributed by atoms with E-state index in [1.54, 1.807) is 18.2 Å². The lowest BCUT2D eigenvalue weighted by Crippen LogP contribution is -2.43. The molecule has 0 saturated carbocycles. The molecule has 2 saturated heterocycles. The van der Waals surface area contributed by atoms with Crippen LogP contribution in [0.2, 0.25) is 0 Å². The number of carboxylic acid groups (broad SMARTS) is 1. The van der Waals surface area contributed by atoms with Gasteiger partial charge in [-0.25, -0.2) is 9.29 Å². The van der Waals surface area contributed by atoms with Crippen LogP contribution in [0.5, 0.6) is 11.5 Å². The Balaban J connectivity index is 1.81. The van der Waals surface area contributed by atoms with E-state index in [1.807, 2.05) is 0 Å². The van der Waals surface area contributed by atoms with Crippen molar-refractivity contribution < 1.29 is 33.4 Å². The van der Waals surface area contributed by atoms with Crippen molar-refractivity contribution in [1.29, 1.82) is 0 Å². The van der Waals surface area contributed by atoms with E-state index in [0.717, 1.165) is 17.0 Å². The Labute approximate surface area is 171 Å². The van der Waals surface area contributed by atoms with Crippen LogP contribution in [0.3, 0.4) is 0 Å². The van der Waals surface area contributed by atoms with Crippen molar-refractivity contribution in [1.82, 2.24) is 5.32 Å². The van der Waals surface area contributed by atoms with Crippen molar-refractivity contribution >= 4 is 23.5 Å². The summed E-state index contributed by atoms with van der Waals surface area (Å²) in [7, 11) is 2.94. The first-order valence-electron chi connectivity index (χ1n) is 9.21. The Morgan fingerprint density at radius 1 is 1.03 bits per heavy atom. The van der Waals surface area contributed by atoms with Gasteiger partial charge >= 0.3 is 5.97 Å². The summed E-state index contributed by atoms with van der Waals surface area (Å²) in [6.07, 6.45) is 0. The zero-order chi connectivity index (χ0) is 21.6.